The summed E-state index contributed by atoms with van der Waals surface area (Å²) in [6.07, 6.45) is 6.84. The van der Waals surface area contributed by atoms with Crippen LogP contribution in [0, 0.1) is 0 Å². The second-order valence-electron chi connectivity index (χ2n) is 10.1. The standard InChI is InChI=1S/C27H32N6O2/c1-30(2)20-10-11-32(16-20)25-9-7-19(14-29-25)18-6-8-23-22(13-18)26-24(15-28-23)31(3)27(34)33(26)21-5-4-12-35-17-21/h6-9,13-15,20-21H,4-5,10-12,16-17H2,1-3H3/t20-,21+/m0/s1. The summed E-state index contributed by atoms with van der Waals surface area (Å²) in [5.74, 6) is 1.03. The molecule has 8 nitrogen and oxygen atoms in total. The Bertz CT molecular complexity index is 1430. The van der Waals surface area contributed by atoms with Crippen molar-refractivity contribution in [1.82, 2.24) is 24.0 Å². The van der Waals surface area contributed by atoms with Crippen molar-refractivity contribution in [2.45, 2.75) is 31.3 Å². The zero-order valence-corrected chi connectivity index (χ0v) is 20.6. The Morgan fingerprint density at radius 1 is 1.06 bits per heavy atom. The molecule has 8 heteroatoms. The Morgan fingerprint density at radius 2 is 1.91 bits per heavy atom. The van der Waals surface area contributed by atoms with Crippen molar-refractivity contribution in [3.05, 3.63) is 53.2 Å². The lowest BCUT2D eigenvalue weighted by Gasteiger charge is -2.23. The summed E-state index contributed by atoms with van der Waals surface area (Å²) in [6, 6.07) is 11.2. The number of pyridine rings is 2. The minimum Gasteiger partial charge on any atom is -0.379 e. The Kier molecular flexibility index (Phi) is 5.57. The molecule has 5 heterocycles. The molecule has 0 unspecified atom stereocenters. The Hall–Kier alpha value is -3.23. The fourth-order valence-corrected chi connectivity index (χ4v) is 5.59. The van der Waals surface area contributed by atoms with E-state index in [1.54, 1.807) is 4.57 Å². The maximum atomic E-state index is 13.2. The molecule has 2 aliphatic rings. The van der Waals surface area contributed by atoms with Crippen molar-refractivity contribution in [2.24, 2.45) is 7.05 Å². The number of aryl methyl sites for hydroxylation is 1. The first-order valence-electron chi connectivity index (χ1n) is 12.5. The lowest BCUT2D eigenvalue weighted by Crippen LogP contribution is -2.31. The van der Waals surface area contributed by atoms with Gasteiger partial charge in [0, 0.05) is 49.9 Å². The van der Waals surface area contributed by atoms with Gasteiger partial charge in [0.2, 0.25) is 0 Å². The number of ether oxygens (including phenoxy) is 1. The number of nitrogens with zero attached hydrogens (tertiary/aromatic N) is 6. The SMILES string of the molecule is CN(C)[C@H]1CCN(c2ccc(-c3ccc4ncc5c(c4c3)n([C@@H]3CCCOC3)c(=O)n5C)cn2)C1. The molecule has 3 aromatic heterocycles. The molecule has 2 fully saturated rings. The van der Waals surface area contributed by atoms with Crippen LogP contribution in [0.3, 0.4) is 0 Å². The van der Waals surface area contributed by atoms with Crippen LogP contribution in [0.15, 0.2) is 47.5 Å². The van der Waals surface area contributed by atoms with E-state index in [1.807, 2.05) is 30.1 Å². The average Bonchev–Trinajstić information content (AvgIpc) is 3.48. The van der Waals surface area contributed by atoms with Crippen molar-refractivity contribution >= 4 is 27.8 Å². The smallest absolute Gasteiger partial charge is 0.329 e. The first kappa shape index (κ1) is 22.2. The molecule has 0 N–H and O–H groups in total. The molecule has 6 rings (SSSR count). The van der Waals surface area contributed by atoms with Gasteiger partial charge in [-0.3, -0.25) is 14.1 Å². The molecule has 35 heavy (non-hydrogen) atoms. The van der Waals surface area contributed by atoms with Gasteiger partial charge in [0.25, 0.3) is 0 Å². The fourth-order valence-electron chi connectivity index (χ4n) is 5.59. The minimum atomic E-state index is -0.0112. The molecule has 2 saturated heterocycles. The van der Waals surface area contributed by atoms with Gasteiger partial charge in [0.05, 0.1) is 35.4 Å². The molecule has 182 valence electrons. The monoisotopic (exact) mass is 472 g/mol. The maximum absolute atomic E-state index is 13.2. The third-order valence-corrected chi connectivity index (χ3v) is 7.72. The quantitative estimate of drug-likeness (QED) is 0.453. The number of hydrogen-bond acceptors (Lipinski definition) is 6. The zero-order valence-electron chi connectivity index (χ0n) is 20.6. The van der Waals surface area contributed by atoms with Gasteiger partial charge in [0.15, 0.2) is 0 Å². The van der Waals surface area contributed by atoms with E-state index in [9.17, 15) is 4.79 Å². The normalized spacial score (nSPS) is 21.0. The van der Waals surface area contributed by atoms with Crippen molar-refractivity contribution in [1.29, 1.82) is 0 Å². The summed E-state index contributed by atoms with van der Waals surface area (Å²) in [4.78, 5) is 27.4. The van der Waals surface area contributed by atoms with Gasteiger partial charge < -0.3 is 14.5 Å². The second kappa shape index (κ2) is 8.77. The molecule has 0 radical (unpaired) electrons. The number of fused-ring (bicyclic) bond motifs is 3. The summed E-state index contributed by atoms with van der Waals surface area (Å²) < 4.78 is 9.36. The van der Waals surface area contributed by atoms with Crippen LogP contribution in [0.2, 0.25) is 0 Å². The largest absolute Gasteiger partial charge is 0.379 e. The fraction of sp³-hybridized carbons (Fsp3) is 0.444. The first-order chi connectivity index (χ1) is 17.0. The molecular weight excluding hydrogens is 440 g/mol. The first-order valence-corrected chi connectivity index (χ1v) is 12.5. The van der Waals surface area contributed by atoms with Crippen molar-refractivity contribution in [3.63, 3.8) is 0 Å². The molecule has 2 aliphatic heterocycles. The Labute approximate surface area is 204 Å². The Morgan fingerprint density at radius 3 is 2.63 bits per heavy atom. The molecule has 4 aromatic rings. The van der Waals surface area contributed by atoms with E-state index in [4.69, 9.17) is 9.72 Å². The van der Waals surface area contributed by atoms with Gasteiger partial charge in [-0.15, -0.1) is 0 Å². The van der Waals surface area contributed by atoms with Gasteiger partial charge >= 0.3 is 5.69 Å². The second-order valence-corrected chi connectivity index (χ2v) is 10.1. The number of imidazole rings is 1. The summed E-state index contributed by atoms with van der Waals surface area (Å²) >= 11 is 0. The maximum Gasteiger partial charge on any atom is 0.329 e. The minimum absolute atomic E-state index is 0.0112. The van der Waals surface area contributed by atoms with Crippen LogP contribution in [0.5, 0.6) is 0 Å². The molecule has 0 bridgehead atoms. The lowest BCUT2D eigenvalue weighted by atomic mass is 10.0. The molecule has 0 spiro atoms. The third-order valence-electron chi connectivity index (χ3n) is 7.72. The van der Waals surface area contributed by atoms with Crippen LogP contribution in [-0.2, 0) is 11.8 Å². The van der Waals surface area contributed by atoms with Crippen LogP contribution >= 0.6 is 0 Å². The van der Waals surface area contributed by atoms with E-state index in [2.05, 4.69) is 53.1 Å². The molecule has 2 atom stereocenters. The molecule has 0 aliphatic carbocycles. The zero-order chi connectivity index (χ0) is 24.1. The number of benzene rings is 1. The van der Waals surface area contributed by atoms with Crippen molar-refractivity contribution < 1.29 is 4.74 Å². The highest BCUT2D eigenvalue weighted by Gasteiger charge is 2.25. The van der Waals surface area contributed by atoms with Crippen LogP contribution in [0.4, 0.5) is 5.82 Å². The number of hydrogen-bond donors (Lipinski definition) is 0. The number of likely N-dealkylation sites (N-methyl/N-ethyl adjacent to an activating group) is 1. The van der Waals surface area contributed by atoms with E-state index in [-0.39, 0.29) is 11.7 Å². The van der Waals surface area contributed by atoms with Gasteiger partial charge in [-0.2, -0.15) is 0 Å². The summed E-state index contributed by atoms with van der Waals surface area (Å²) in [5, 5.41) is 0.987. The average molecular weight is 473 g/mol. The van der Waals surface area contributed by atoms with Gasteiger partial charge in [-0.05, 0) is 63.2 Å². The van der Waals surface area contributed by atoms with E-state index in [0.29, 0.717) is 12.6 Å². The predicted octanol–water partition coefficient (Wildman–Crippen LogP) is 3.44. The number of anilines is 1. The van der Waals surface area contributed by atoms with Crippen LogP contribution in [-0.4, -0.2) is 70.4 Å². The van der Waals surface area contributed by atoms with Gasteiger partial charge in [-0.1, -0.05) is 6.07 Å². The predicted molar refractivity (Wildman–Crippen MR) is 139 cm³/mol. The Balaban J connectivity index is 1.40. The van der Waals surface area contributed by atoms with Crippen molar-refractivity contribution in [2.75, 3.05) is 45.3 Å². The summed E-state index contributed by atoms with van der Waals surface area (Å²) in [7, 11) is 6.11. The van der Waals surface area contributed by atoms with Crippen LogP contribution < -0.4 is 10.6 Å². The van der Waals surface area contributed by atoms with Crippen LogP contribution in [0.1, 0.15) is 25.3 Å². The molecular formula is C27H32N6O2. The summed E-state index contributed by atoms with van der Waals surface area (Å²) in [5.41, 5.74) is 4.79. The third kappa shape index (κ3) is 3.81. The van der Waals surface area contributed by atoms with E-state index >= 15 is 0 Å². The highest BCUT2D eigenvalue weighted by molar-refractivity contribution is 6.04. The number of aromatic nitrogens is 4. The van der Waals surface area contributed by atoms with E-state index < -0.39 is 0 Å². The van der Waals surface area contributed by atoms with Gasteiger partial charge in [0.1, 0.15) is 5.82 Å². The highest BCUT2D eigenvalue weighted by atomic mass is 16.5. The molecule has 1 aromatic carbocycles. The molecule has 0 saturated carbocycles. The summed E-state index contributed by atoms with van der Waals surface area (Å²) in [6.45, 7) is 3.37. The molecule has 0 amide bonds. The van der Waals surface area contributed by atoms with Gasteiger partial charge in [-0.25, -0.2) is 9.78 Å². The highest BCUT2D eigenvalue weighted by Crippen LogP contribution is 2.32. The van der Waals surface area contributed by atoms with Crippen LogP contribution in [0.25, 0.3) is 33.1 Å². The topological polar surface area (TPSA) is 68.4 Å². The lowest BCUT2D eigenvalue weighted by molar-refractivity contribution is 0.0593. The van der Waals surface area contributed by atoms with E-state index in [0.717, 1.165) is 77.8 Å². The van der Waals surface area contributed by atoms with Crippen molar-refractivity contribution in [3.8, 4) is 11.1 Å². The number of rotatable bonds is 4. The van der Waals surface area contributed by atoms with E-state index in [1.165, 1.54) is 0 Å².